The van der Waals surface area contributed by atoms with E-state index in [1.807, 2.05) is 6.92 Å². The molecule has 0 rings (SSSR count). The molecule has 12 heavy (non-hydrogen) atoms. The second-order valence-corrected chi connectivity index (χ2v) is 3.00. The van der Waals surface area contributed by atoms with Crippen LogP contribution in [0.2, 0.25) is 0 Å². The third-order valence-electron chi connectivity index (χ3n) is 1.94. The van der Waals surface area contributed by atoms with Gasteiger partial charge in [-0.3, -0.25) is 4.79 Å². The Balaban J connectivity index is 4.49. The van der Waals surface area contributed by atoms with E-state index in [4.69, 9.17) is 4.74 Å². The summed E-state index contributed by atoms with van der Waals surface area (Å²) >= 11 is 0. The molecule has 0 saturated heterocycles. The maximum Gasteiger partial charge on any atom is 0.139 e. The van der Waals surface area contributed by atoms with Crippen LogP contribution in [-0.4, -0.2) is 12.9 Å². The summed E-state index contributed by atoms with van der Waals surface area (Å²) in [5.74, 6) is 0.121. The van der Waals surface area contributed by atoms with Gasteiger partial charge in [-0.25, -0.2) is 0 Å². The molecule has 0 aliphatic heterocycles. The summed E-state index contributed by atoms with van der Waals surface area (Å²) in [5, 5.41) is 0. The lowest BCUT2D eigenvalue weighted by atomic mass is 9.83. The highest BCUT2D eigenvalue weighted by atomic mass is 16.5. The van der Waals surface area contributed by atoms with E-state index in [9.17, 15) is 4.79 Å². The number of ketones is 1. The number of hydrogen-bond donors (Lipinski definition) is 0. The first-order chi connectivity index (χ1) is 5.56. The minimum absolute atomic E-state index is 0.121. The van der Waals surface area contributed by atoms with Crippen LogP contribution in [0.3, 0.4) is 0 Å². The molecule has 0 aromatic carbocycles. The zero-order valence-electron chi connectivity index (χ0n) is 7.96. The molecular weight excluding hydrogens is 152 g/mol. The van der Waals surface area contributed by atoms with E-state index in [1.165, 1.54) is 6.26 Å². The van der Waals surface area contributed by atoms with Crippen LogP contribution < -0.4 is 0 Å². The van der Waals surface area contributed by atoms with Crippen molar-refractivity contribution in [2.75, 3.05) is 7.11 Å². The Bertz CT molecular complexity index is 194. The molecular formula is C10H16O2. The Morgan fingerprint density at radius 3 is 2.58 bits per heavy atom. The van der Waals surface area contributed by atoms with E-state index in [0.29, 0.717) is 6.42 Å². The minimum Gasteiger partial charge on any atom is -0.505 e. The van der Waals surface area contributed by atoms with Crippen molar-refractivity contribution in [3.63, 3.8) is 0 Å². The number of carbonyl (C=O) groups is 1. The summed E-state index contributed by atoms with van der Waals surface area (Å²) in [6.45, 7) is 7.05. The highest BCUT2D eigenvalue weighted by Gasteiger charge is 2.24. The van der Waals surface area contributed by atoms with Crippen LogP contribution in [0.1, 0.15) is 20.3 Å². The van der Waals surface area contributed by atoms with Crippen LogP contribution in [-0.2, 0) is 9.53 Å². The lowest BCUT2D eigenvalue weighted by Crippen LogP contribution is -2.21. The minimum atomic E-state index is -0.461. The molecule has 0 fully saturated rings. The van der Waals surface area contributed by atoms with Gasteiger partial charge in [-0.2, -0.15) is 0 Å². The van der Waals surface area contributed by atoms with Gasteiger partial charge in [-0.15, -0.1) is 6.58 Å². The van der Waals surface area contributed by atoms with E-state index in [2.05, 4.69) is 6.58 Å². The summed E-state index contributed by atoms with van der Waals surface area (Å²) in [6, 6.07) is 0. The molecule has 0 aromatic heterocycles. The van der Waals surface area contributed by atoms with E-state index in [-0.39, 0.29) is 5.78 Å². The number of ether oxygens (including phenoxy) is 1. The molecule has 0 radical (unpaired) electrons. The van der Waals surface area contributed by atoms with Crippen LogP contribution in [0.15, 0.2) is 25.0 Å². The van der Waals surface area contributed by atoms with Gasteiger partial charge in [0.05, 0.1) is 18.8 Å². The standard InChI is InChI=1S/C10H16O2/c1-5-6-10(3,9(2)11)7-8-12-4/h5,7-8H,1,6H2,2-4H3. The van der Waals surface area contributed by atoms with Crippen LogP contribution in [0.4, 0.5) is 0 Å². The monoisotopic (exact) mass is 168 g/mol. The first kappa shape index (κ1) is 11.0. The van der Waals surface area contributed by atoms with Gasteiger partial charge in [0.15, 0.2) is 0 Å². The van der Waals surface area contributed by atoms with E-state index < -0.39 is 5.41 Å². The predicted octanol–water partition coefficient (Wildman–Crippen LogP) is 2.32. The molecule has 0 N–H and O–H groups in total. The maximum absolute atomic E-state index is 11.2. The van der Waals surface area contributed by atoms with Gasteiger partial charge in [0.1, 0.15) is 5.78 Å². The normalized spacial score (nSPS) is 15.6. The molecule has 0 bridgehead atoms. The SMILES string of the molecule is C=CCC(C)(C=COC)C(C)=O. The fraction of sp³-hybridized carbons (Fsp3) is 0.500. The number of hydrogen-bond acceptors (Lipinski definition) is 2. The first-order valence-corrected chi connectivity index (χ1v) is 3.89. The molecule has 2 nitrogen and oxygen atoms in total. The van der Waals surface area contributed by atoms with Crippen molar-refractivity contribution < 1.29 is 9.53 Å². The Morgan fingerprint density at radius 2 is 2.25 bits per heavy atom. The average Bonchev–Trinajstić information content (AvgIpc) is 2.01. The van der Waals surface area contributed by atoms with Gasteiger partial charge in [-0.05, 0) is 26.3 Å². The van der Waals surface area contributed by atoms with Gasteiger partial charge in [0, 0.05) is 0 Å². The quantitative estimate of drug-likeness (QED) is 0.465. The van der Waals surface area contributed by atoms with E-state index in [0.717, 1.165) is 0 Å². The summed E-state index contributed by atoms with van der Waals surface area (Å²) in [7, 11) is 1.56. The molecule has 1 unspecified atom stereocenters. The van der Waals surface area contributed by atoms with Crippen molar-refractivity contribution in [3.05, 3.63) is 25.0 Å². The van der Waals surface area contributed by atoms with Gasteiger partial charge in [0.2, 0.25) is 0 Å². The largest absolute Gasteiger partial charge is 0.505 e. The van der Waals surface area contributed by atoms with Crippen molar-refractivity contribution in [1.82, 2.24) is 0 Å². The molecule has 0 aliphatic rings. The molecule has 68 valence electrons. The van der Waals surface area contributed by atoms with Crippen LogP contribution in [0.5, 0.6) is 0 Å². The van der Waals surface area contributed by atoms with Gasteiger partial charge in [-0.1, -0.05) is 6.08 Å². The van der Waals surface area contributed by atoms with E-state index in [1.54, 1.807) is 26.2 Å². The van der Waals surface area contributed by atoms with E-state index >= 15 is 0 Å². The zero-order valence-corrected chi connectivity index (χ0v) is 7.96. The predicted molar refractivity (Wildman–Crippen MR) is 49.8 cm³/mol. The van der Waals surface area contributed by atoms with Crippen LogP contribution in [0.25, 0.3) is 0 Å². The Hall–Kier alpha value is -1.05. The summed E-state index contributed by atoms with van der Waals surface area (Å²) in [6.07, 6.45) is 5.67. The van der Waals surface area contributed by atoms with Crippen LogP contribution in [0, 0.1) is 5.41 Å². The smallest absolute Gasteiger partial charge is 0.139 e. The van der Waals surface area contributed by atoms with Gasteiger partial charge >= 0.3 is 0 Å². The van der Waals surface area contributed by atoms with Crippen molar-refractivity contribution in [3.8, 4) is 0 Å². The number of rotatable bonds is 5. The Morgan fingerprint density at radius 1 is 1.67 bits per heavy atom. The molecule has 0 heterocycles. The van der Waals surface area contributed by atoms with Crippen LogP contribution >= 0.6 is 0 Å². The van der Waals surface area contributed by atoms with Crippen molar-refractivity contribution >= 4 is 5.78 Å². The molecule has 0 amide bonds. The number of methoxy groups -OCH3 is 1. The summed E-state index contributed by atoms with van der Waals surface area (Å²) in [5.41, 5.74) is -0.461. The highest BCUT2D eigenvalue weighted by Crippen LogP contribution is 2.24. The average molecular weight is 168 g/mol. The lowest BCUT2D eigenvalue weighted by Gasteiger charge is -2.19. The van der Waals surface area contributed by atoms with Crippen molar-refractivity contribution in [1.29, 1.82) is 0 Å². The summed E-state index contributed by atoms with van der Waals surface area (Å²) in [4.78, 5) is 11.2. The molecule has 0 aliphatic carbocycles. The van der Waals surface area contributed by atoms with Crippen molar-refractivity contribution in [2.24, 2.45) is 5.41 Å². The molecule has 0 spiro atoms. The van der Waals surface area contributed by atoms with Gasteiger partial charge in [0.25, 0.3) is 0 Å². The maximum atomic E-state index is 11.2. The second kappa shape index (κ2) is 4.75. The third kappa shape index (κ3) is 2.91. The first-order valence-electron chi connectivity index (χ1n) is 3.89. The zero-order chi connectivity index (χ0) is 9.61. The summed E-state index contributed by atoms with van der Waals surface area (Å²) < 4.78 is 4.77. The highest BCUT2D eigenvalue weighted by molar-refractivity contribution is 5.84. The second-order valence-electron chi connectivity index (χ2n) is 3.00. The third-order valence-corrected chi connectivity index (χ3v) is 1.94. The fourth-order valence-electron chi connectivity index (χ4n) is 0.847. The molecule has 2 heteroatoms. The number of Topliss-reactive ketones (excluding diaryl/α,β-unsaturated/α-hetero) is 1. The van der Waals surface area contributed by atoms with Gasteiger partial charge < -0.3 is 4.74 Å². The Labute approximate surface area is 73.9 Å². The Kier molecular flexibility index (Phi) is 4.34. The molecule has 1 atom stereocenters. The molecule has 0 aromatic rings. The van der Waals surface area contributed by atoms with Crippen molar-refractivity contribution in [2.45, 2.75) is 20.3 Å². The topological polar surface area (TPSA) is 26.3 Å². The number of carbonyl (C=O) groups excluding carboxylic acids is 1. The fourth-order valence-corrected chi connectivity index (χ4v) is 0.847. The number of allylic oxidation sites excluding steroid dienone is 2. The molecule has 0 saturated carbocycles. The lowest BCUT2D eigenvalue weighted by molar-refractivity contribution is -0.123.